The SMILES string of the molecule is CO/N=C(\C)c1ccc(C(=O)OC)cc1F. The van der Waals surface area contributed by atoms with E-state index in [1.54, 1.807) is 6.92 Å². The molecule has 86 valence electrons. The summed E-state index contributed by atoms with van der Waals surface area (Å²) in [4.78, 5) is 15.7. The van der Waals surface area contributed by atoms with Gasteiger partial charge in [0.2, 0.25) is 0 Å². The van der Waals surface area contributed by atoms with E-state index in [0.29, 0.717) is 5.71 Å². The van der Waals surface area contributed by atoms with Gasteiger partial charge in [-0.05, 0) is 25.1 Å². The molecule has 0 aliphatic rings. The predicted octanol–water partition coefficient (Wildman–Crippen LogP) is 1.98. The van der Waals surface area contributed by atoms with Gasteiger partial charge < -0.3 is 9.57 Å². The number of methoxy groups -OCH3 is 1. The Balaban J connectivity index is 3.09. The van der Waals surface area contributed by atoms with Crippen LogP contribution in [0.4, 0.5) is 4.39 Å². The number of ether oxygens (including phenoxy) is 1. The fraction of sp³-hybridized carbons (Fsp3) is 0.273. The number of carbonyl (C=O) groups excluding carboxylic acids is 1. The van der Waals surface area contributed by atoms with E-state index in [9.17, 15) is 9.18 Å². The molecule has 4 nitrogen and oxygen atoms in total. The Morgan fingerprint density at radius 3 is 2.56 bits per heavy atom. The lowest BCUT2D eigenvalue weighted by Gasteiger charge is -2.04. The van der Waals surface area contributed by atoms with E-state index in [1.165, 1.54) is 26.4 Å². The summed E-state index contributed by atoms with van der Waals surface area (Å²) >= 11 is 0. The van der Waals surface area contributed by atoms with Gasteiger partial charge in [0.25, 0.3) is 0 Å². The van der Waals surface area contributed by atoms with Crippen LogP contribution in [-0.4, -0.2) is 25.9 Å². The van der Waals surface area contributed by atoms with Gasteiger partial charge in [0, 0.05) is 5.56 Å². The van der Waals surface area contributed by atoms with Crippen LogP contribution in [0.25, 0.3) is 0 Å². The van der Waals surface area contributed by atoms with Gasteiger partial charge in [-0.3, -0.25) is 0 Å². The molecule has 16 heavy (non-hydrogen) atoms. The van der Waals surface area contributed by atoms with Crippen molar-refractivity contribution >= 4 is 11.7 Å². The first-order valence-corrected chi connectivity index (χ1v) is 4.56. The van der Waals surface area contributed by atoms with Crippen molar-refractivity contribution in [1.82, 2.24) is 0 Å². The zero-order valence-electron chi connectivity index (χ0n) is 9.28. The first-order valence-electron chi connectivity index (χ1n) is 4.56. The molecule has 0 saturated carbocycles. The van der Waals surface area contributed by atoms with Crippen molar-refractivity contribution < 1.29 is 18.8 Å². The number of benzene rings is 1. The Labute approximate surface area is 92.7 Å². The number of nitrogens with zero attached hydrogens (tertiary/aromatic N) is 1. The van der Waals surface area contributed by atoms with Crippen LogP contribution in [0.1, 0.15) is 22.8 Å². The predicted molar refractivity (Wildman–Crippen MR) is 57.0 cm³/mol. The smallest absolute Gasteiger partial charge is 0.337 e. The van der Waals surface area contributed by atoms with Gasteiger partial charge in [-0.25, -0.2) is 9.18 Å². The molecule has 1 aromatic carbocycles. The van der Waals surface area contributed by atoms with Crippen LogP contribution in [0.3, 0.4) is 0 Å². The molecule has 0 aliphatic carbocycles. The average Bonchev–Trinajstić information content (AvgIpc) is 2.28. The normalized spacial score (nSPS) is 11.1. The van der Waals surface area contributed by atoms with Crippen LogP contribution >= 0.6 is 0 Å². The maximum absolute atomic E-state index is 13.6. The summed E-state index contributed by atoms with van der Waals surface area (Å²) in [5, 5.41) is 3.61. The Kier molecular flexibility index (Phi) is 3.99. The number of rotatable bonds is 3. The molecule has 1 aromatic rings. The molecule has 0 spiro atoms. The molecule has 0 fully saturated rings. The number of hydrogen-bond donors (Lipinski definition) is 0. The molecule has 0 bridgehead atoms. The van der Waals surface area contributed by atoms with Gasteiger partial charge in [-0.15, -0.1) is 0 Å². The third-order valence-corrected chi connectivity index (χ3v) is 2.01. The van der Waals surface area contributed by atoms with Crippen LogP contribution in [-0.2, 0) is 9.57 Å². The largest absolute Gasteiger partial charge is 0.465 e. The minimum Gasteiger partial charge on any atom is -0.465 e. The van der Waals surface area contributed by atoms with E-state index >= 15 is 0 Å². The molecule has 0 N–H and O–H groups in total. The quantitative estimate of drug-likeness (QED) is 0.449. The molecule has 0 heterocycles. The maximum atomic E-state index is 13.6. The highest BCUT2D eigenvalue weighted by Crippen LogP contribution is 2.12. The topological polar surface area (TPSA) is 47.9 Å². The number of esters is 1. The van der Waals surface area contributed by atoms with Crippen molar-refractivity contribution in [3.05, 3.63) is 35.1 Å². The summed E-state index contributed by atoms with van der Waals surface area (Å²) in [7, 11) is 2.62. The third-order valence-electron chi connectivity index (χ3n) is 2.01. The van der Waals surface area contributed by atoms with E-state index in [2.05, 4.69) is 14.7 Å². The first kappa shape index (κ1) is 12.2. The molecule has 5 heteroatoms. The van der Waals surface area contributed by atoms with Gasteiger partial charge in [0.1, 0.15) is 12.9 Å². The van der Waals surface area contributed by atoms with Gasteiger partial charge >= 0.3 is 5.97 Å². The van der Waals surface area contributed by atoms with Crippen molar-refractivity contribution in [2.24, 2.45) is 5.16 Å². The van der Waals surface area contributed by atoms with Gasteiger partial charge in [-0.1, -0.05) is 5.16 Å². The summed E-state index contributed by atoms with van der Waals surface area (Å²) in [5.41, 5.74) is 0.847. The summed E-state index contributed by atoms with van der Waals surface area (Å²) in [6.45, 7) is 1.61. The Hall–Kier alpha value is -1.91. The summed E-state index contributed by atoms with van der Waals surface area (Å²) in [5.74, 6) is -1.12. The average molecular weight is 225 g/mol. The third kappa shape index (κ3) is 2.56. The first-order chi connectivity index (χ1) is 7.60. The van der Waals surface area contributed by atoms with Gasteiger partial charge in [-0.2, -0.15) is 0 Å². The lowest BCUT2D eigenvalue weighted by Crippen LogP contribution is -2.05. The minimum atomic E-state index is -0.577. The van der Waals surface area contributed by atoms with Gasteiger partial charge in [0.15, 0.2) is 0 Å². The van der Waals surface area contributed by atoms with Crippen molar-refractivity contribution in [1.29, 1.82) is 0 Å². The lowest BCUT2D eigenvalue weighted by atomic mass is 10.1. The molecule has 0 radical (unpaired) electrons. The van der Waals surface area contributed by atoms with Crippen molar-refractivity contribution in [2.45, 2.75) is 6.92 Å². The van der Waals surface area contributed by atoms with Crippen LogP contribution < -0.4 is 0 Å². The maximum Gasteiger partial charge on any atom is 0.337 e. The Bertz CT molecular complexity index is 429. The van der Waals surface area contributed by atoms with E-state index in [-0.39, 0.29) is 11.1 Å². The second kappa shape index (κ2) is 5.25. The standard InChI is InChI=1S/C11H12FNO3/c1-7(13-16-3)9-5-4-8(6-10(9)12)11(14)15-2/h4-6H,1-3H3/b13-7+. The highest BCUT2D eigenvalue weighted by molar-refractivity contribution is 5.99. The summed E-state index contributed by atoms with van der Waals surface area (Å²) < 4.78 is 18.1. The number of oxime groups is 1. The highest BCUT2D eigenvalue weighted by Gasteiger charge is 2.11. The zero-order valence-corrected chi connectivity index (χ0v) is 9.28. The fourth-order valence-electron chi connectivity index (χ4n) is 1.24. The molecule has 0 amide bonds. The second-order valence-electron chi connectivity index (χ2n) is 3.05. The molecule has 0 aromatic heterocycles. The zero-order chi connectivity index (χ0) is 12.1. The lowest BCUT2D eigenvalue weighted by molar-refractivity contribution is 0.0600. The highest BCUT2D eigenvalue weighted by atomic mass is 19.1. The number of hydrogen-bond acceptors (Lipinski definition) is 4. The van der Waals surface area contributed by atoms with Crippen LogP contribution in [0.2, 0.25) is 0 Å². The van der Waals surface area contributed by atoms with Crippen molar-refractivity contribution in [3.8, 4) is 0 Å². The molecule has 0 saturated heterocycles. The minimum absolute atomic E-state index is 0.161. The summed E-state index contributed by atoms with van der Waals surface area (Å²) in [6.07, 6.45) is 0. The molecule has 0 unspecified atom stereocenters. The molecule has 1 rings (SSSR count). The van der Waals surface area contributed by atoms with Gasteiger partial charge in [0.05, 0.1) is 18.4 Å². The van der Waals surface area contributed by atoms with Crippen LogP contribution in [0.5, 0.6) is 0 Å². The summed E-state index contributed by atoms with van der Waals surface area (Å²) in [6, 6.07) is 4.04. The van der Waals surface area contributed by atoms with Crippen LogP contribution in [0, 0.1) is 5.82 Å². The number of carbonyl (C=O) groups is 1. The Morgan fingerprint density at radius 2 is 2.06 bits per heavy atom. The monoisotopic (exact) mass is 225 g/mol. The van der Waals surface area contributed by atoms with E-state index in [0.717, 1.165) is 6.07 Å². The molecule has 0 aliphatic heterocycles. The number of halogens is 1. The fourth-order valence-corrected chi connectivity index (χ4v) is 1.24. The van der Waals surface area contributed by atoms with Crippen molar-refractivity contribution in [2.75, 3.05) is 14.2 Å². The van der Waals surface area contributed by atoms with E-state index < -0.39 is 11.8 Å². The van der Waals surface area contributed by atoms with Crippen LogP contribution in [0.15, 0.2) is 23.4 Å². The van der Waals surface area contributed by atoms with E-state index in [4.69, 9.17) is 0 Å². The molecular formula is C11H12FNO3. The Morgan fingerprint density at radius 1 is 1.38 bits per heavy atom. The second-order valence-corrected chi connectivity index (χ2v) is 3.05. The van der Waals surface area contributed by atoms with Crippen molar-refractivity contribution in [3.63, 3.8) is 0 Å². The molecule has 0 atom stereocenters. The molecular weight excluding hydrogens is 213 g/mol. The van der Waals surface area contributed by atoms with E-state index in [1.807, 2.05) is 0 Å².